The lowest BCUT2D eigenvalue weighted by Gasteiger charge is -2.15. The Morgan fingerprint density at radius 3 is 2.58 bits per heavy atom. The number of halogens is 1. The van der Waals surface area contributed by atoms with E-state index in [0.717, 1.165) is 12.8 Å². The first kappa shape index (κ1) is 15.6. The van der Waals surface area contributed by atoms with Crippen molar-refractivity contribution in [2.24, 2.45) is 5.92 Å². The minimum atomic E-state index is -0.740. The summed E-state index contributed by atoms with van der Waals surface area (Å²) in [5, 5.41) is 13.8. The summed E-state index contributed by atoms with van der Waals surface area (Å²) < 4.78 is 13.8. The summed E-state index contributed by atoms with van der Waals surface area (Å²) in [5.74, 6) is -0.102. The molecule has 5 heteroatoms. The van der Waals surface area contributed by atoms with Crippen LogP contribution in [0.3, 0.4) is 0 Å². The highest BCUT2D eigenvalue weighted by Crippen LogP contribution is 2.20. The van der Waals surface area contributed by atoms with Gasteiger partial charge in [0.1, 0.15) is 0 Å². The van der Waals surface area contributed by atoms with Crippen LogP contribution in [0.15, 0.2) is 18.2 Å². The Morgan fingerprint density at radius 1 is 1.32 bits per heavy atom. The molecule has 1 rings (SSSR count). The lowest BCUT2D eigenvalue weighted by molar-refractivity contribution is -0.387. The molecule has 0 spiro atoms. The molecule has 0 aliphatic carbocycles. The number of hydrogen-bond acceptors (Lipinski definition) is 3. The smallest absolute Gasteiger partial charge is 0.305 e. The fourth-order valence-corrected chi connectivity index (χ4v) is 1.81. The van der Waals surface area contributed by atoms with Crippen LogP contribution in [0.5, 0.6) is 0 Å². The van der Waals surface area contributed by atoms with Gasteiger partial charge in [-0.1, -0.05) is 26.0 Å². The van der Waals surface area contributed by atoms with Gasteiger partial charge in [-0.05, 0) is 25.7 Å². The van der Waals surface area contributed by atoms with E-state index in [1.807, 2.05) is 6.92 Å². The fourth-order valence-electron chi connectivity index (χ4n) is 1.81. The molecule has 0 aliphatic heterocycles. The van der Waals surface area contributed by atoms with E-state index in [9.17, 15) is 14.5 Å². The molecule has 0 saturated carbocycles. The monoisotopic (exact) mass is 268 g/mol. The van der Waals surface area contributed by atoms with Crippen molar-refractivity contribution in [3.63, 3.8) is 0 Å². The van der Waals surface area contributed by atoms with Crippen LogP contribution < -0.4 is 5.32 Å². The molecular weight excluding hydrogens is 247 g/mol. The van der Waals surface area contributed by atoms with Crippen molar-refractivity contribution in [3.8, 4) is 0 Å². The van der Waals surface area contributed by atoms with Gasteiger partial charge in [-0.15, -0.1) is 0 Å². The van der Waals surface area contributed by atoms with E-state index < -0.39 is 16.4 Å². The molecule has 1 atom stereocenters. The molecule has 0 heterocycles. The summed E-state index contributed by atoms with van der Waals surface area (Å²) in [5.41, 5.74) is -0.125. The van der Waals surface area contributed by atoms with E-state index in [0.29, 0.717) is 18.0 Å². The molecule has 1 aromatic rings. The van der Waals surface area contributed by atoms with Crippen molar-refractivity contribution < 1.29 is 9.31 Å². The first-order chi connectivity index (χ1) is 8.91. The van der Waals surface area contributed by atoms with Crippen LogP contribution in [-0.2, 0) is 6.54 Å². The molecule has 0 bridgehead atoms. The lowest BCUT2D eigenvalue weighted by Crippen LogP contribution is -2.26. The van der Waals surface area contributed by atoms with E-state index in [2.05, 4.69) is 19.2 Å². The van der Waals surface area contributed by atoms with Crippen molar-refractivity contribution in [2.75, 3.05) is 0 Å². The van der Waals surface area contributed by atoms with E-state index in [4.69, 9.17) is 0 Å². The van der Waals surface area contributed by atoms with Gasteiger partial charge in [0.05, 0.1) is 4.92 Å². The molecular formula is C14H21FN2O2. The molecule has 0 fully saturated rings. The SMILES string of the molecule is CC(C)CCC(C)NCc1cccc([N+](=O)[O-])c1F. The van der Waals surface area contributed by atoms with Gasteiger partial charge >= 0.3 is 5.69 Å². The standard InChI is InChI=1S/C14H21FN2O2/c1-10(2)7-8-11(3)16-9-12-5-4-6-13(14(12)15)17(18)19/h4-6,10-11,16H,7-9H2,1-3H3. The number of hydrogen-bond donors (Lipinski definition) is 1. The molecule has 0 amide bonds. The lowest BCUT2D eigenvalue weighted by atomic mass is 10.0. The van der Waals surface area contributed by atoms with Gasteiger partial charge < -0.3 is 5.32 Å². The second-order valence-corrected chi connectivity index (χ2v) is 5.26. The molecule has 0 saturated heterocycles. The van der Waals surface area contributed by atoms with Crippen LogP contribution in [0.25, 0.3) is 0 Å². The Bertz CT molecular complexity index is 435. The second-order valence-electron chi connectivity index (χ2n) is 5.26. The molecule has 1 unspecified atom stereocenters. The summed E-state index contributed by atoms with van der Waals surface area (Å²) in [6.07, 6.45) is 2.11. The van der Waals surface area contributed by atoms with Gasteiger partial charge in [-0.3, -0.25) is 10.1 Å². The van der Waals surface area contributed by atoms with E-state index >= 15 is 0 Å². The molecule has 0 aromatic heterocycles. The average molecular weight is 268 g/mol. The Labute approximate surface area is 113 Å². The maximum atomic E-state index is 13.8. The number of nitro groups is 1. The van der Waals surface area contributed by atoms with Gasteiger partial charge in [0.15, 0.2) is 0 Å². The summed E-state index contributed by atoms with van der Waals surface area (Å²) >= 11 is 0. The largest absolute Gasteiger partial charge is 0.310 e. The Kier molecular flexibility index (Phi) is 5.89. The Balaban J connectivity index is 2.58. The number of benzene rings is 1. The molecule has 1 aromatic carbocycles. The van der Waals surface area contributed by atoms with Gasteiger partial charge in [0.2, 0.25) is 5.82 Å². The minimum absolute atomic E-state index is 0.265. The number of nitrogens with one attached hydrogen (secondary N) is 1. The summed E-state index contributed by atoms with van der Waals surface area (Å²) in [6.45, 7) is 6.67. The van der Waals surface area contributed by atoms with Gasteiger partial charge in [0, 0.05) is 24.2 Å². The van der Waals surface area contributed by atoms with Gasteiger partial charge in [0.25, 0.3) is 0 Å². The third-order valence-electron chi connectivity index (χ3n) is 3.07. The molecule has 4 nitrogen and oxygen atoms in total. The van der Waals surface area contributed by atoms with Crippen LogP contribution in [0.2, 0.25) is 0 Å². The van der Waals surface area contributed by atoms with Crippen LogP contribution in [0.1, 0.15) is 39.2 Å². The molecule has 19 heavy (non-hydrogen) atoms. The fraction of sp³-hybridized carbons (Fsp3) is 0.571. The predicted molar refractivity (Wildman–Crippen MR) is 73.4 cm³/mol. The number of nitrogens with zero attached hydrogens (tertiary/aromatic N) is 1. The molecule has 1 N–H and O–H groups in total. The summed E-state index contributed by atoms with van der Waals surface area (Å²) in [6, 6.07) is 4.53. The quantitative estimate of drug-likeness (QED) is 0.606. The van der Waals surface area contributed by atoms with Crippen molar-refractivity contribution in [3.05, 3.63) is 39.7 Å². The number of nitro benzene ring substituents is 1. The third kappa shape index (κ3) is 4.95. The topological polar surface area (TPSA) is 55.2 Å². The van der Waals surface area contributed by atoms with Crippen LogP contribution in [-0.4, -0.2) is 11.0 Å². The zero-order valence-corrected chi connectivity index (χ0v) is 11.6. The van der Waals surface area contributed by atoms with Crippen LogP contribution in [0.4, 0.5) is 10.1 Å². The van der Waals surface area contributed by atoms with E-state index in [1.165, 1.54) is 12.1 Å². The van der Waals surface area contributed by atoms with E-state index in [1.54, 1.807) is 6.07 Å². The molecule has 0 aliphatic rings. The zero-order valence-electron chi connectivity index (χ0n) is 11.6. The minimum Gasteiger partial charge on any atom is -0.310 e. The summed E-state index contributed by atoms with van der Waals surface area (Å²) in [7, 11) is 0. The maximum Gasteiger partial charge on any atom is 0.305 e. The van der Waals surface area contributed by atoms with Crippen molar-refractivity contribution in [2.45, 2.75) is 46.2 Å². The van der Waals surface area contributed by atoms with Crippen LogP contribution >= 0.6 is 0 Å². The highest BCUT2D eigenvalue weighted by Gasteiger charge is 2.17. The highest BCUT2D eigenvalue weighted by molar-refractivity contribution is 5.36. The number of rotatable bonds is 7. The molecule has 0 radical (unpaired) electrons. The first-order valence-electron chi connectivity index (χ1n) is 6.57. The Hall–Kier alpha value is -1.49. The zero-order chi connectivity index (χ0) is 14.4. The molecule has 106 valence electrons. The van der Waals surface area contributed by atoms with Crippen LogP contribution in [0, 0.1) is 21.8 Å². The summed E-state index contributed by atoms with van der Waals surface area (Å²) in [4.78, 5) is 9.94. The second kappa shape index (κ2) is 7.19. The van der Waals surface area contributed by atoms with Gasteiger partial charge in [-0.25, -0.2) is 0 Å². The average Bonchev–Trinajstić information content (AvgIpc) is 2.34. The third-order valence-corrected chi connectivity index (χ3v) is 3.07. The Morgan fingerprint density at radius 2 is 2.00 bits per heavy atom. The first-order valence-corrected chi connectivity index (χ1v) is 6.57. The maximum absolute atomic E-state index is 13.8. The highest BCUT2D eigenvalue weighted by atomic mass is 19.1. The van der Waals surface area contributed by atoms with Crippen molar-refractivity contribution in [1.82, 2.24) is 5.32 Å². The normalized spacial score (nSPS) is 12.7. The van der Waals surface area contributed by atoms with Crippen molar-refractivity contribution in [1.29, 1.82) is 0 Å². The van der Waals surface area contributed by atoms with Gasteiger partial charge in [-0.2, -0.15) is 4.39 Å². The van der Waals surface area contributed by atoms with Crippen molar-refractivity contribution >= 4 is 5.69 Å². The van der Waals surface area contributed by atoms with E-state index in [-0.39, 0.29) is 6.04 Å². The predicted octanol–water partition coefficient (Wildman–Crippen LogP) is 3.65.